The first-order valence-corrected chi connectivity index (χ1v) is 9.83. The van der Waals surface area contributed by atoms with E-state index in [0.29, 0.717) is 5.56 Å². The smallest absolute Gasteiger partial charge is 0.256 e. The number of carbonyl (C=O) groups excluding carboxylic acids is 1. The highest BCUT2D eigenvalue weighted by molar-refractivity contribution is 7.98. The highest BCUT2D eigenvalue weighted by Crippen LogP contribution is 2.36. The number of para-hydroxylation sites is 1. The maximum Gasteiger partial charge on any atom is 0.256 e. The summed E-state index contributed by atoms with van der Waals surface area (Å²) < 4.78 is 1.89. The zero-order valence-corrected chi connectivity index (χ0v) is 16.0. The Morgan fingerprint density at radius 3 is 2.62 bits per heavy atom. The highest BCUT2D eigenvalue weighted by Gasteiger charge is 2.25. The number of amides is 1. The first kappa shape index (κ1) is 16.9. The number of hydrogen-bond acceptors (Lipinski definition) is 3. The minimum Gasteiger partial charge on any atom is -0.306 e. The molecule has 3 aromatic rings. The molecule has 0 bridgehead atoms. The summed E-state index contributed by atoms with van der Waals surface area (Å²) in [5.74, 6) is 2.47. The standard InChI is InChI=1S/C21H21N3OS/c1-13-8-9-16(10-15(13)3)21(25)22-20-17-11-26-12-18(17)23-24(20)19-7-5-4-6-14(19)2/h4-10H,11-12H2,1-3H3,(H,22,25). The largest absolute Gasteiger partial charge is 0.306 e. The Bertz CT molecular complexity index is 1010. The van der Waals surface area contributed by atoms with Crippen LogP contribution in [0.25, 0.3) is 5.69 Å². The fraction of sp³-hybridized carbons (Fsp3) is 0.238. The fourth-order valence-corrected chi connectivity index (χ4v) is 4.21. The topological polar surface area (TPSA) is 46.9 Å². The number of anilines is 1. The summed E-state index contributed by atoms with van der Waals surface area (Å²) in [5.41, 5.74) is 7.30. The van der Waals surface area contributed by atoms with E-state index >= 15 is 0 Å². The Hall–Kier alpha value is -2.53. The van der Waals surface area contributed by atoms with E-state index in [1.54, 1.807) is 0 Å². The average molecular weight is 363 g/mol. The van der Waals surface area contributed by atoms with Gasteiger partial charge in [-0.25, -0.2) is 4.68 Å². The molecule has 1 N–H and O–H groups in total. The second kappa shape index (κ2) is 6.65. The number of fused-ring (bicyclic) bond motifs is 1. The lowest BCUT2D eigenvalue weighted by Gasteiger charge is -2.13. The lowest BCUT2D eigenvalue weighted by molar-refractivity contribution is 0.102. The summed E-state index contributed by atoms with van der Waals surface area (Å²) in [6.07, 6.45) is 0. The number of nitrogens with one attached hydrogen (secondary N) is 1. The van der Waals surface area contributed by atoms with Crippen LogP contribution in [0.3, 0.4) is 0 Å². The predicted octanol–water partition coefficient (Wildman–Crippen LogP) is 4.80. The van der Waals surface area contributed by atoms with Crippen LogP contribution in [-0.4, -0.2) is 15.7 Å². The average Bonchev–Trinajstić information content (AvgIpc) is 3.20. The van der Waals surface area contributed by atoms with Crippen LogP contribution in [-0.2, 0) is 11.5 Å². The van der Waals surface area contributed by atoms with Crippen molar-refractivity contribution in [2.45, 2.75) is 32.3 Å². The van der Waals surface area contributed by atoms with E-state index in [1.165, 1.54) is 5.56 Å². The van der Waals surface area contributed by atoms with Gasteiger partial charge in [-0.15, -0.1) is 0 Å². The zero-order chi connectivity index (χ0) is 18.3. The SMILES string of the molecule is Cc1ccc(C(=O)Nc2c3c(nn2-c2ccccc2C)CSC3)cc1C. The monoisotopic (exact) mass is 363 g/mol. The van der Waals surface area contributed by atoms with Crippen molar-refractivity contribution < 1.29 is 4.79 Å². The summed E-state index contributed by atoms with van der Waals surface area (Å²) in [4.78, 5) is 12.9. The first-order valence-electron chi connectivity index (χ1n) is 8.67. The molecule has 0 saturated heterocycles. The molecular weight excluding hydrogens is 342 g/mol. The van der Waals surface area contributed by atoms with Crippen LogP contribution in [0.4, 0.5) is 5.82 Å². The number of carbonyl (C=O) groups is 1. The van der Waals surface area contributed by atoms with Gasteiger partial charge in [0.1, 0.15) is 5.82 Å². The molecule has 4 nitrogen and oxygen atoms in total. The molecule has 0 spiro atoms. The molecule has 0 atom stereocenters. The molecule has 4 rings (SSSR count). The minimum atomic E-state index is -0.0949. The summed E-state index contributed by atoms with van der Waals surface area (Å²) in [6.45, 7) is 6.14. The molecular formula is C21H21N3OS. The molecule has 0 fully saturated rings. The van der Waals surface area contributed by atoms with E-state index in [2.05, 4.69) is 18.3 Å². The molecule has 0 unspecified atom stereocenters. The maximum atomic E-state index is 12.9. The molecule has 132 valence electrons. The lowest BCUT2D eigenvalue weighted by Crippen LogP contribution is -2.16. The molecule has 0 saturated carbocycles. The van der Waals surface area contributed by atoms with E-state index in [1.807, 2.05) is 66.7 Å². The number of aromatic nitrogens is 2. The van der Waals surface area contributed by atoms with Crippen molar-refractivity contribution in [1.29, 1.82) is 0 Å². The van der Waals surface area contributed by atoms with Crippen LogP contribution < -0.4 is 5.32 Å². The minimum absolute atomic E-state index is 0.0949. The van der Waals surface area contributed by atoms with Crippen LogP contribution in [0.2, 0.25) is 0 Å². The van der Waals surface area contributed by atoms with Gasteiger partial charge in [-0.3, -0.25) is 4.79 Å². The number of nitrogens with zero attached hydrogens (tertiary/aromatic N) is 2. The first-order chi connectivity index (χ1) is 12.5. The second-order valence-corrected chi connectivity index (χ2v) is 7.70. The van der Waals surface area contributed by atoms with Gasteiger partial charge in [0, 0.05) is 22.6 Å². The molecule has 1 amide bonds. The van der Waals surface area contributed by atoms with Gasteiger partial charge in [-0.05, 0) is 55.7 Å². The third-order valence-electron chi connectivity index (χ3n) is 4.90. The number of rotatable bonds is 3. The van der Waals surface area contributed by atoms with Crippen LogP contribution in [0.1, 0.15) is 38.3 Å². The van der Waals surface area contributed by atoms with Gasteiger partial charge in [0.2, 0.25) is 0 Å². The molecule has 1 aliphatic rings. The number of benzene rings is 2. The third kappa shape index (κ3) is 2.92. The van der Waals surface area contributed by atoms with Crippen LogP contribution in [0.15, 0.2) is 42.5 Å². The number of thioether (sulfide) groups is 1. The van der Waals surface area contributed by atoms with E-state index in [4.69, 9.17) is 5.10 Å². The van der Waals surface area contributed by atoms with Crippen molar-refractivity contribution in [1.82, 2.24) is 9.78 Å². The Morgan fingerprint density at radius 2 is 1.85 bits per heavy atom. The molecule has 2 heterocycles. The van der Waals surface area contributed by atoms with Gasteiger partial charge >= 0.3 is 0 Å². The summed E-state index contributed by atoms with van der Waals surface area (Å²) in [6, 6.07) is 13.9. The van der Waals surface area contributed by atoms with E-state index in [9.17, 15) is 4.79 Å². The van der Waals surface area contributed by atoms with Gasteiger partial charge in [-0.2, -0.15) is 16.9 Å². The molecule has 5 heteroatoms. The summed E-state index contributed by atoms with van der Waals surface area (Å²) in [7, 11) is 0. The van der Waals surface area contributed by atoms with Gasteiger partial charge in [0.15, 0.2) is 0 Å². The van der Waals surface area contributed by atoms with E-state index < -0.39 is 0 Å². The Balaban J connectivity index is 1.75. The Kier molecular flexibility index (Phi) is 4.32. The fourth-order valence-electron chi connectivity index (χ4n) is 3.18. The van der Waals surface area contributed by atoms with Crippen LogP contribution in [0, 0.1) is 20.8 Å². The molecule has 26 heavy (non-hydrogen) atoms. The lowest BCUT2D eigenvalue weighted by atomic mass is 10.1. The Labute approximate surface area is 157 Å². The normalized spacial score (nSPS) is 12.9. The quantitative estimate of drug-likeness (QED) is 0.727. The van der Waals surface area contributed by atoms with Crippen LogP contribution >= 0.6 is 11.8 Å². The molecule has 1 aliphatic heterocycles. The van der Waals surface area contributed by atoms with Crippen molar-refractivity contribution in [3.05, 3.63) is 76.0 Å². The number of hydrogen-bond donors (Lipinski definition) is 1. The summed E-state index contributed by atoms with van der Waals surface area (Å²) >= 11 is 1.83. The van der Waals surface area contributed by atoms with Crippen molar-refractivity contribution in [3.8, 4) is 5.69 Å². The van der Waals surface area contributed by atoms with Crippen molar-refractivity contribution in [2.24, 2.45) is 0 Å². The van der Waals surface area contributed by atoms with Crippen molar-refractivity contribution >= 4 is 23.5 Å². The molecule has 1 aromatic heterocycles. The zero-order valence-electron chi connectivity index (χ0n) is 15.2. The second-order valence-electron chi connectivity index (χ2n) is 6.72. The van der Waals surface area contributed by atoms with Gasteiger partial charge in [0.25, 0.3) is 5.91 Å². The van der Waals surface area contributed by atoms with E-state index in [0.717, 1.165) is 45.4 Å². The predicted molar refractivity (Wildman–Crippen MR) is 107 cm³/mol. The molecule has 0 aliphatic carbocycles. The van der Waals surface area contributed by atoms with Gasteiger partial charge in [0.05, 0.1) is 11.4 Å². The van der Waals surface area contributed by atoms with Gasteiger partial charge < -0.3 is 5.32 Å². The molecule has 2 aromatic carbocycles. The Morgan fingerprint density at radius 1 is 1.04 bits per heavy atom. The maximum absolute atomic E-state index is 12.9. The number of aryl methyl sites for hydroxylation is 3. The summed E-state index contributed by atoms with van der Waals surface area (Å²) in [5, 5.41) is 7.91. The third-order valence-corrected chi connectivity index (χ3v) is 5.87. The van der Waals surface area contributed by atoms with Crippen molar-refractivity contribution in [3.63, 3.8) is 0 Å². The van der Waals surface area contributed by atoms with Crippen LogP contribution in [0.5, 0.6) is 0 Å². The van der Waals surface area contributed by atoms with E-state index in [-0.39, 0.29) is 5.91 Å². The van der Waals surface area contributed by atoms with Gasteiger partial charge in [-0.1, -0.05) is 24.3 Å². The highest BCUT2D eigenvalue weighted by atomic mass is 32.2. The van der Waals surface area contributed by atoms with Crippen molar-refractivity contribution in [2.75, 3.05) is 5.32 Å². The molecule has 0 radical (unpaired) electrons.